The van der Waals surface area contributed by atoms with E-state index in [1.54, 1.807) is 38.3 Å². The summed E-state index contributed by atoms with van der Waals surface area (Å²) >= 11 is 6.21. The van der Waals surface area contributed by atoms with Gasteiger partial charge >= 0.3 is 0 Å². The first-order valence-electron chi connectivity index (χ1n) is 13.5. The number of carbonyl (C=O) groups is 2. The number of nitrogens with zero attached hydrogens (tertiary/aromatic N) is 2. The van der Waals surface area contributed by atoms with Crippen LogP contribution in [0.15, 0.2) is 72.8 Å². The summed E-state index contributed by atoms with van der Waals surface area (Å²) in [6.45, 7) is 3.82. The van der Waals surface area contributed by atoms with Gasteiger partial charge in [-0.15, -0.1) is 0 Å². The monoisotopic (exact) mass is 599 g/mol. The number of unbranched alkanes of at least 4 members (excludes halogenated alkanes) is 1. The predicted octanol–water partition coefficient (Wildman–Crippen LogP) is 4.98. The predicted molar refractivity (Wildman–Crippen MR) is 164 cm³/mol. The first-order valence-corrected chi connectivity index (χ1v) is 15.7. The second kappa shape index (κ2) is 14.9. The lowest BCUT2D eigenvalue weighted by atomic mass is 10.0. The Morgan fingerprint density at radius 1 is 1.00 bits per heavy atom. The molecule has 0 bridgehead atoms. The maximum atomic E-state index is 14.2. The van der Waals surface area contributed by atoms with Crippen LogP contribution in [0.5, 0.6) is 5.75 Å². The largest absolute Gasteiger partial charge is 0.497 e. The van der Waals surface area contributed by atoms with Gasteiger partial charge in [-0.1, -0.05) is 73.5 Å². The Morgan fingerprint density at radius 2 is 1.71 bits per heavy atom. The average Bonchev–Trinajstić information content (AvgIpc) is 2.95. The molecule has 0 saturated carbocycles. The number of ether oxygens (including phenoxy) is 1. The molecule has 0 fully saturated rings. The van der Waals surface area contributed by atoms with Crippen LogP contribution in [0.3, 0.4) is 0 Å². The third kappa shape index (κ3) is 9.23. The van der Waals surface area contributed by atoms with Gasteiger partial charge in [0, 0.05) is 24.5 Å². The number of sulfonamides is 1. The maximum Gasteiger partial charge on any atom is 0.244 e. The van der Waals surface area contributed by atoms with Crippen LogP contribution >= 0.6 is 11.6 Å². The Morgan fingerprint density at radius 3 is 2.37 bits per heavy atom. The number of aryl methyl sites for hydroxylation is 1. The zero-order valence-electron chi connectivity index (χ0n) is 24.0. The van der Waals surface area contributed by atoms with Crippen molar-refractivity contribution in [1.29, 1.82) is 0 Å². The standard InChI is InChI=1S/C31H38ClN3O5S/c1-5-6-17-33-31(37)29(19-24-11-8-7-9-12-24)34(21-25-13-10-14-27(18-25)40-3)30(36)22-35(41(4,38)39)28-20-26(32)16-15-23(28)2/h7-16,18,20,29H,5-6,17,19,21-22H2,1-4H3,(H,33,37). The summed E-state index contributed by atoms with van der Waals surface area (Å²) in [5, 5.41) is 3.32. The van der Waals surface area contributed by atoms with E-state index in [4.69, 9.17) is 16.3 Å². The molecular formula is C31H38ClN3O5S. The fourth-order valence-corrected chi connectivity index (χ4v) is 5.54. The second-order valence-corrected chi connectivity index (χ2v) is 12.3. The highest BCUT2D eigenvalue weighted by molar-refractivity contribution is 7.92. The molecule has 1 N–H and O–H groups in total. The minimum atomic E-state index is -3.89. The quantitative estimate of drug-likeness (QED) is 0.264. The number of carbonyl (C=O) groups excluding carboxylic acids is 2. The van der Waals surface area contributed by atoms with Gasteiger partial charge in [0.2, 0.25) is 21.8 Å². The summed E-state index contributed by atoms with van der Waals surface area (Å²) in [4.78, 5) is 29.3. The number of anilines is 1. The molecule has 3 rings (SSSR count). The molecule has 0 radical (unpaired) electrons. The third-order valence-corrected chi connectivity index (χ3v) is 8.07. The van der Waals surface area contributed by atoms with Crippen molar-refractivity contribution >= 4 is 39.1 Å². The summed E-state index contributed by atoms with van der Waals surface area (Å²) in [7, 11) is -2.33. The second-order valence-electron chi connectivity index (χ2n) is 9.92. The molecule has 0 heterocycles. The van der Waals surface area contributed by atoms with Crippen molar-refractivity contribution in [3.05, 3.63) is 94.5 Å². The first-order chi connectivity index (χ1) is 19.5. The molecule has 0 aliphatic carbocycles. The average molecular weight is 600 g/mol. The van der Waals surface area contributed by atoms with Crippen molar-refractivity contribution in [2.45, 2.75) is 45.7 Å². The van der Waals surface area contributed by atoms with Crippen molar-refractivity contribution in [3.8, 4) is 5.75 Å². The van der Waals surface area contributed by atoms with E-state index in [0.717, 1.165) is 34.5 Å². The van der Waals surface area contributed by atoms with E-state index in [1.165, 1.54) is 11.0 Å². The van der Waals surface area contributed by atoms with E-state index in [0.29, 0.717) is 28.6 Å². The molecule has 0 aliphatic heterocycles. The number of benzene rings is 3. The van der Waals surface area contributed by atoms with E-state index in [1.807, 2.05) is 49.4 Å². The Bertz CT molecular complexity index is 1430. The molecule has 3 aromatic carbocycles. The number of hydrogen-bond acceptors (Lipinski definition) is 5. The maximum absolute atomic E-state index is 14.2. The number of methoxy groups -OCH3 is 1. The number of hydrogen-bond donors (Lipinski definition) is 1. The first kappa shape index (κ1) is 32.0. The SMILES string of the molecule is CCCCNC(=O)C(Cc1ccccc1)N(Cc1cccc(OC)c1)C(=O)CN(c1cc(Cl)ccc1C)S(C)(=O)=O. The highest BCUT2D eigenvalue weighted by Crippen LogP contribution is 2.27. The summed E-state index contributed by atoms with van der Waals surface area (Å²) < 4.78 is 32.4. The molecule has 3 aromatic rings. The van der Waals surface area contributed by atoms with Gasteiger partial charge in [-0.05, 0) is 54.3 Å². The van der Waals surface area contributed by atoms with Gasteiger partial charge in [0.25, 0.3) is 0 Å². The summed E-state index contributed by atoms with van der Waals surface area (Å²) in [6, 6.07) is 20.7. The molecular weight excluding hydrogens is 562 g/mol. The summed E-state index contributed by atoms with van der Waals surface area (Å²) in [5.74, 6) is -0.221. The number of rotatable bonds is 14. The van der Waals surface area contributed by atoms with Crippen molar-refractivity contribution in [3.63, 3.8) is 0 Å². The molecule has 0 saturated heterocycles. The third-order valence-electron chi connectivity index (χ3n) is 6.71. The lowest BCUT2D eigenvalue weighted by Crippen LogP contribution is -2.53. The van der Waals surface area contributed by atoms with Crippen LogP contribution in [-0.2, 0) is 32.6 Å². The van der Waals surface area contributed by atoms with Crippen molar-refractivity contribution < 1.29 is 22.7 Å². The van der Waals surface area contributed by atoms with E-state index >= 15 is 0 Å². The molecule has 0 spiro atoms. The molecule has 1 atom stereocenters. The Hall–Kier alpha value is -3.56. The van der Waals surface area contributed by atoms with Gasteiger partial charge in [-0.3, -0.25) is 13.9 Å². The highest BCUT2D eigenvalue weighted by atomic mass is 35.5. The summed E-state index contributed by atoms with van der Waals surface area (Å²) in [6.07, 6.45) is 3.00. The number of nitrogens with one attached hydrogen (secondary N) is 1. The van der Waals surface area contributed by atoms with Crippen LogP contribution in [-0.4, -0.2) is 57.6 Å². The van der Waals surface area contributed by atoms with Gasteiger partial charge < -0.3 is 15.0 Å². The molecule has 1 unspecified atom stereocenters. The van der Waals surface area contributed by atoms with Crippen molar-refractivity contribution in [1.82, 2.24) is 10.2 Å². The van der Waals surface area contributed by atoms with E-state index < -0.39 is 28.5 Å². The van der Waals surface area contributed by atoms with Crippen LogP contribution < -0.4 is 14.4 Å². The van der Waals surface area contributed by atoms with Gasteiger partial charge in [0.1, 0.15) is 18.3 Å². The number of halogens is 1. The highest BCUT2D eigenvalue weighted by Gasteiger charge is 2.33. The molecule has 2 amide bonds. The number of amides is 2. The Balaban J connectivity index is 2.07. The molecule has 220 valence electrons. The zero-order chi connectivity index (χ0) is 30.0. The van der Waals surface area contributed by atoms with E-state index in [2.05, 4.69) is 5.32 Å². The smallest absolute Gasteiger partial charge is 0.244 e. The zero-order valence-corrected chi connectivity index (χ0v) is 25.5. The Labute approximate surface area is 248 Å². The Kier molecular flexibility index (Phi) is 11.6. The minimum Gasteiger partial charge on any atom is -0.497 e. The fourth-order valence-electron chi connectivity index (χ4n) is 4.47. The van der Waals surface area contributed by atoms with Crippen molar-refractivity contribution in [2.24, 2.45) is 0 Å². The lowest BCUT2D eigenvalue weighted by molar-refractivity contribution is -0.140. The topological polar surface area (TPSA) is 96.0 Å². The molecule has 10 heteroatoms. The van der Waals surface area contributed by atoms with Crippen LogP contribution in [0.2, 0.25) is 5.02 Å². The molecule has 0 aliphatic rings. The lowest BCUT2D eigenvalue weighted by Gasteiger charge is -2.34. The van der Waals surface area contributed by atoms with Crippen molar-refractivity contribution in [2.75, 3.05) is 30.8 Å². The van der Waals surface area contributed by atoms with Crippen LogP contribution in [0.4, 0.5) is 5.69 Å². The van der Waals surface area contributed by atoms with Gasteiger partial charge in [-0.2, -0.15) is 0 Å². The minimum absolute atomic E-state index is 0.0703. The molecule has 41 heavy (non-hydrogen) atoms. The van der Waals surface area contributed by atoms with Crippen LogP contribution in [0, 0.1) is 6.92 Å². The fraction of sp³-hybridized carbons (Fsp3) is 0.355. The van der Waals surface area contributed by atoms with Crippen LogP contribution in [0.1, 0.15) is 36.5 Å². The van der Waals surface area contributed by atoms with E-state index in [-0.39, 0.29) is 18.9 Å². The normalized spacial score (nSPS) is 11.9. The van der Waals surface area contributed by atoms with E-state index in [9.17, 15) is 18.0 Å². The molecule has 0 aromatic heterocycles. The van der Waals surface area contributed by atoms with Gasteiger partial charge in [0.15, 0.2) is 0 Å². The van der Waals surface area contributed by atoms with Crippen LogP contribution in [0.25, 0.3) is 0 Å². The molecule has 8 nitrogen and oxygen atoms in total. The summed E-state index contributed by atoms with van der Waals surface area (Å²) in [5.41, 5.74) is 2.56. The van der Waals surface area contributed by atoms with Gasteiger partial charge in [-0.25, -0.2) is 8.42 Å². The van der Waals surface area contributed by atoms with Gasteiger partial charge in [0.05, 0.1) is 19.1 Å².